The number of nitrogens with one attached hydrogen (secondary N) is 1. The summed E-state index contributed by atoms with van der Waals surface area (Å²) < 4.78 is 6.88. The molecule has 3 rings (SSSR count). The van der Waals surface area contributed by atoms with Gasteiger partial charge in [0.1, 0.15) is 11.4 Å². The summed E-state index contributed by atoms with van der Waals surface area (Å²) in [4.78, 5) is 40.8. The van der Waals surface area contributed by atoms with Gasteiger partial charge >= 0.3 is 5.69 Å². The summed E-state index contributed by atoms with van der Waals surface area (Å²) in [5, 5.41) is 0.865. The lowest BCUT2D eigenvalue weighted by Crippen LogP contribution is -2.39. The van der Waals surface area contributed by atoms with Crippen molar-refractivity contribution in [3.63, 3.8) is 0 Å². The van der Waals surface area contributed by atoms with E-state index < -0.39 is 11.2 Å². The number of hydrogen-bond donors (Lipinski definition) is 2. The molecule has 8 nitrogen and oxygen atoms in total. The van der Waals surface area contributed by atoms with Crippen molar-refractivity contribution in [3.05, 3.63) is 55.9 Å². The Bertz CT molecular complexity index is 1190. The van der Waals surface area contributed by atoms with Crippen LogP contribution in [0.15, 0.2) is 32.4 Å². The topological polar surface area (TPSA) is 114 Å². The molecule has 0 bridgehead atoms. The van der Waals surface area contributed by atoms with E-state index in [2.05, 4.69) is 4.98 Å². The van der Waals surface area contributed by atoms with E-state index in [4.69, 9.17) is 10.2 Å². The molecule has 2 aromatic heterocycles. The van der Waals surface area contributed by atoms with Crippen LogP contribution in [0.3, 0.4) is 0 Å². The number of likely N-dealkylation sites (N-methyl/N-ethyl adjacent to an activating group) is 1. The average molecular weight is 398 g/mol. The third-order valence-corrected chi connectivity index (χ3v) is 5.27. The first-order valence-electron chi connectivity index (χ1n) is 9.61. The van der Waals surface area contributed by atoms with Crippen molar-refractivity contribution in [1.29, 1.82) is 0 Å². The Hall–Kier alpha value is -3.29. The first kappa shape index (κ1) is 20.4. The molecule has 0 unspecified atom stereocenters. The third kappa shape index (κ3) is 3.83. The van der Waals surface area contributed by atoms with Gasteiger partial charge in [0.25, 0.3) is 5.56 Å². The number of carbonyl (C=O) groups is 1. The van der Waals surface area contributed by atoms with Gasteiger partial charge in [-0.25, -0.2) is 4.79 Å². The van der Waals surface area contributed by atoms with Crippen molar-refractivity contribution in [2.45, 2.75) is 46.6 Å². The van der Waals surface area contributed by atoms with Gasteiger partial charge in [-0.15, -0.1) is 0 Å². The van der Waals surface area contributed by atoms with Crippen LogP contribution in [0.1, 0.15) is 36.5 Å². The van der Waals surface area contributed by atoms with Crippen molar-refractivity contribution in [1.82, 2.24) is 9.55 Å². The molecule has 3 aromatic rings. The number of hydrogen-bond acceptors (Lipinski definition) is 5. The monoisotopic (exact) mass is 398 g/mol. The van der Waals surface area contributed by atoms with Crippen LogP contribution in [0, 0.1) is 13.8 Å². The van der Waals surface area contributed by atoms with E-state index in [-0.39, 0.29) is 23.8 Å². The molecule has 3 N–H and O–H groups in total. The van der Waals surface area contributed by atoms with Gasteiger partial charge in [-0.2, -0.15) is 0 Å². The number of aryl methyl sites for hydroxylation is 2. The molecule has 0 saturated heterocycles. The zero-order chi connectivity index (χ0) is 21.3. The number of aromatic amines is 1. The summed E-state index contributed by atoms with van der Waals surface area (Å²) in [5.74, 6) is -0.338. The van der Waals surface area contributed by atoms with Crippen molar-refractivity contribution in [2.75, 3.05) is 17.7 Å². The number of nitrogens with two attached hydrogens (primary N) is 1. The van der Waals surface area contributed by atoms with E-state index >= 15 is 0 Å². The zero-order valence-electron chi connectivity index (χ0n) is 17.2. The fourth-order valence-corrected chi connectivity index (χ4v) is 3.32. The number of H-pyrrole nitrogens is 1. The Kier molecular flexibility index (Phi) is 5.63. The number of anilines is 2. The van der Waals surface area contributed by atoms with Crippen LogP contribution in [0.25, 0.3) is 11.0 Å². The largest absolute Gasteiger partial charge is 0.464 e. The van der Waals surface area contributed by atoms with Gasteiger partial charge in [0.15, 0.2) is 5.69 Å². The SMILES string of the molecule is CCCCn1c(N)c(N(C)C(=O)Cc2coc3cc(C)c(C)cc23)c(=O)[nH]c1=O. The van der Waals surface area contributed by atoms with Crippen LogP contribution in [-0.2, 0) is 17.8 Å². The summed E-state index contributed by atoms with van der Waals surface area (Å²) in [5.41, 5.74) is 8.47. The van der Waals surface area contributed by atoms with Crippen molar-refractivity contribution < 1.29 is 9.21 Å². The molecule has 0 aliphatic carbocycles. The Labute approximate surface area is 167 Å². The summed E-state index contributed by atoms with van der Waals surface area (Å²) in [6, 6.07) is 3.93. The number of amides is 1. The average Bonchev–Trinajstić information content (AvgIpc) is 3.03. The Morgan fingerprint density at radius 2 is 1.93 bits per heavy atom. The van der Waals surface area contributed by atoms with E-state index in [0.29, 0.717) is 12.1 Å². The maximum atomic E-state index is 12.9. The van der Waals surface area contributed by atoms with E-state index in [1.165, 1.54) is 16.5 Å². The molecule has 0 atom stereocenters. The molecule has 0 fully saturated rings. The molecular weight excluding hydrogens is 372 g/mol. The van der Waals surface area contributed by atoms with Gasteiger partial charge in [0.2, 0.25) is 5.91 Å². The zero-order valence-corrected chi connectivity index (χ0v) is 17.2. The molecule has 0 spiro atoms. The standard InChI is InChI=1S/C21H26N4O4/c1-5-6-7-25-19(22)18(20(27)23-21(25)28)24(4)17(26)10-14-11-29-16-9-13(3)12(2)8-15(14)16/h8-9,11H,5-7,10,22H2,1-4H3,(H,23,27,28). The second kappa shape index (κ2) is 7.98. The number of unbranched alkanes of at least 4 members (excludes halogenated alkanes) is 1. The maximum Gasteiger partial charge on any atom is 0.330 e. The molecule has 0 aliphatic rings. The predicted molar refractivity (Wildman–Crippen MR) is 113 cm³/mol. The van der Waals surface area contributed by atoms with Crippen molar-refractivity contribution in [3.8, 4) is 0 Å². The summed E-state index contributed by atoms with van der Waals surface area (Å²) >= 11 is 0. The van der Waals surface area contributed by atoms with Crippen LogP contribution in [0.4, 0.5) is 11.5 Å². The van der Waals surface area contributed by atoms with Gasteiger partial charge in [0, 0.05) is 24.5 Å². The highest BCUT2D eigenvalue weighted by atomic mass is 16.3. The Morgan fingerprint density at radius 1 is 1.24 bits per heavy atom. The smallest absolute Gasteiger partial charge is 0.330 e. The second-order valence-electron chi connectivity index (χ2n) is 7.32. The number of rotatable bonds is 6. The maximum absolute atomic E-state index is 12.9. The fraction of sp³-hybridized carbons (Fsp3) is 0.381. The van der Waals surface area contributed by atoms with Gasteiger partial charge in [0.05, 0.1) is 12.7 Å². The van der Waals surface area contributed by atoms with Crippen LogP contribution in [0.2, 0.25) is 0 Å². The minimum absolute atomic E-state index is 0.00780. The van der Waals surface area contributed by atoms with Gasteiger partial charge in [-0.1, -0.05) is 13.3 Å². The number of carbonyl (C=O) groups excluding carboxylic acids is 1. The number of benzene rings is 1. The number of furan rings is 1. The normalized spacial score (nSPS) is 11.2. The van der Waals surface area contributed by atoms with E-state index in [1.807, 2.05) is 32.9 Å². The van der Waals surface area contributed by atoms with Gasteiger partial charge < -0.3 is 15.1 Å². The second-order valence-corrected chi connectivity index (χ2v) is 7.32. The van der Waals surface area contributed by atoms with Crippen molar-refractivity contribution in [2.24, 2.45) is 0 Å². The highest BCUT2D eigenvalue weighted by Gasteiger charge is 2.22. The highest BCUT2D eigenvalue weighted by Crippen LogP contribution is 2.26. The fourth-order valence-electron chi connectivity index (χ4n) is 3.32. The quantitative estimate of drug-likeness (QED) is 0.662. The third-order valence-electron chi connectivity index (χ3n) is 5.27. The lowest BCUT2D eigenvalue weighted by molar-refractivity contribution is -0.117. The molecule has 0 aliphatic heterocycles. The molecule has 1 aromatic carbocycles. The number of nitrogen functional groups attached to an aromatic ring is 1. The van der Waals surface area contributed by atoms with Crippen LogP contribution < -0.4 is 21.9 Å². The van der Waals surface area contributed by atoms with Crippen LogP contribution >= 0.6 is 0 Å². The lowest BCUT2D eigenvalue weighted by Gasteiger charge is -2.20. The predicted octanol–water partition coefficient (Wildman–Crippen LogP) is 2.49. The van der Waals surface area contributed by atoms with Crippen LogP contribution in [0.5, 0.6) is 0 Å². The molecule has 8 heteroatoms. The summed E-state index contributed by atoms with van der Waals surface area (Å²) in [7, 11) is 1.48. The van der Waals surface area contributed by atoms with E-state index in [1.54, 1.807) is 6.26 Å². The highest BCUT2D eigenvalue weighted by molar-refractivity contribution is 5.98. The van der Waals surface area contributed by atoms with Gasteiger partial charge in [-0.3, -0.25) is 19.1 Å². The number of aromatic nitrogens is 2. The Balaban J connectivity index is 1.94. The molecule has 154 valence electrons. The molecule has 0 saturated carbocycles. The molecular formula is C21H26N4O4. The van der Waals surface area contributed by atoms with E-state index in [9.17, 15) is 14.4 Å². The van der Waals surface area contributed by atoms with Crippen LogP contribution in [-0.4, -0.2) is 22.5 Å². The molecule has 2 heterocycles. The first-order chi connectivity index (χ1) is 13.7. The molecule has 29 heavy (non-hydrogen) atoms. The number of fused-ring (bicyclic) bond motifs is 1. The van der Waals surface area contributed by atoms with Crippen molar-refractivity contribution >= 4 is 28.4 Å². The minimum Gasteiger partial charge on any atom is -0.464 e. The first-order valence-corrected chi connectivity index (χ1v) is 9.61. The summed E-state index contributed by atoms with van der Waals surface area (Å²) in [6.07, 6.45) is 3.19. The molecule has 0 radical (unpaired) electrons. The minimum atomic E-state index is -0.681. The van der Waals surface area contributed by atoms with E-state index in [0.717, 1.165) is 34.9 Å². The lowest BCUT2D eigenvalue weighted by atomic mass is 10.0. The van der Waals surface area contributed by atoms with Gasteiger partial charge in [-0.05, 0) is 43.5 Å². The molecule has 1 amide bonds. The number of nitrogens with zero attached hydrogens (tertiary/aromatic N) is 2. The Morgan fingerprint density at radius 3 is 2.62 bits per heavy atom. The summed E-state index contributed by atoms with van der Waals surface area (Å²) in [6.45, 7) is 6.36.